The van der Waals surface area contributed by atoms with Gasteiger partial charge in [-0.2, -0.15) is 0 Å². The Hall–Kier alpha value is -1.66. The van der Waals surface area contributed by atoms with Gasteiger partial charge in [-0.15, -0.1) is 0 Å². The third-order valence-corrected chi connectivity index (χ3v) is 2.87. The molecule has 6 heteroatoms. The molecule has 1 aromatic rings. The number of nitro benzene ring substituents is 1. The molecule has 1 aliphatic rings. The lowest BCUT2D eigenvalue weighted by atomic mass is 9.94. The van der Waals surface area contributed by atoms with E-state index in [9.17, 15) is 10.1 Å². The summed E-state index contributed by atoms with van der Waals surface area (Å²) in [7, 11) is 1.52. The van der Waals surface area contributed by atoms with Crippen LogP contribution in [-0.4, -0.2) is 25.2 Å². The molecule has 0 spiro atoms. The van der Waals surface area contributed by atoms with E-state index in [1.807, 2.05) is 0 Å². The van der Waals surface area contributed by atoms with Gasteiger partial charge in [-0.3, -0.25) is 10.1 Å². The van der Waals surface area contributed by atoms with E-state index in [0.29, 0.717) is 18.9 Å². The number of ether oxygens (including phenoxy) is 1. The smallest absolute Gasteiger partial charge is 0.273 e. The molecule has 92 valence electrons. The molecule has 17 heavy (non-hydrogen) atoms. The highest BCUT2D eigenvalue weighted by atomic mass is 16.6. The number of benzene rings is 1. The third-order valence-electron chi connectivity index (χ3n) is 2.87. The normalized spacial score (nSPS) is 19.9. The van der Waals surface area contributed by atoms with Crippen LogP contribution in [0.1, 0.15) is 17.9 Å². The molecule has 0 saturated carbocycles. The SMILES string of the molecule is COc1cc([N+](=O)[O-])ccc1C1CCONC1. The van der Waals surface area contributed by atoms with Crippen molar-refractivity contribution in [3.05, 3.63) is 33.9 Å². The highest BCUT2D eigenvalue weighted by molar-refractivity contribution is 5.46. The Morgan fingerprint density at radius 3 is 3.00 bits per heavy atom. The molecule has 1 saturated heterocycles. The first kappa shape index (κ1) is 11.8. The van der Waals surface area contributed by atoms with E-state index >= 15 is 0 Å². The number of methoxy groups -OCH3 is 1. The van der Waals surface area contributed by atoms with Crippen molar-refractivity contribution in [2.75, 3.05) is 20.3 Å². The Morgan fingerprint density at radius 2 is 2.41 bits per heavy atom. The van der Waals surface area contributed by atoms with Crippen molar-refractivity contribution in [1.29, 1.82) is 0 Å². The van der Waals surface area contributed by atoms with Gasteiger partial charge in [0.25, 0.3) is 5.69 Å². The van der Waals surface area contributed by atoms with Crippen LogP contribution in [0, 0.1) is 10.1 Å². The van der Waals surface area contributed by atoms with Crippen LogP contribution in [0.15, 0.2) is 18.2 Å². The minimum atomic E-state index is -0.422. The molecule has 0 amide bonds. The van der Waals surface area contributed by atoms with Crippen LogP contribution in [0.3, 0.4) is 0 Å². The van der Waals surface area contributed by atoms with Crippen molar-refractivity contribution >= 4 is 5.69 Å². The van der Waals surface area contributed by atoms with Crippen molar-refractivity contribution in [2.45, 2.75) is 12.3 Å². The van der Waals surface area contributed by atoms with Gasteiger partial charge in [-0.05, 0) is 18.1 Å². The van der Waals surface area contributed by atoms with Crippen LogP contribution in [0.5, 0.6) is 5.75 Å². The molecule has 1 heterocycles. The molecule has 6 nitrogen and oxygen atoms in total. The van der Waals surface area contributed by atoms with Gasteiger partial charge in [0, 0.05) is 18.5 Å². The summed E-state index contributed by atoms with van der Waals surface area (Å²) in [6, 6.07) is 4.73. The largest absolute Gasteiger partial charge is 0.496 e. The second-order valence-electron chi connectivity index (χ2n) is 3.87. The van der Waals surface area contributed by atoms with Gasteiger partial charge < -0.3 is 9.57 Å². The third kappa shape index (κ3) is 2.54. The zero-order chi connectivity index (χ0) is 12.3. The first-order valence-corrected chi connectivity index (χ1v) is 5.39. The summed E-state index contributed by atoms with van der Waals surface area (Å²) < 4.78 is 5.22. The molecule has 0 bridgehead atoms. The van der Waals surface area contributed by atoms with Crippen LogP contribution in [0.25, 0.3) is 0 Å². The maximum atomic E-state index is 10.7. The van der Waals surface area contributed by atoms with E-state index in [1.54, 1.807) is 6.07 Å². The van der Waals surface area contributed by atoms with Gasteiger partial charge in [0.2, 0.25) is 0 Å². The van der Waals surface area contributed by atoms with Crippen LogP contribution >= 0.6 is 0 Å². The summed E-state index contributed by atoms with van der Waals surface area (Å²) in [4.78, 5) is 15.3. The number of hydrogen-bond acceptors (Lipinski definition) is 5. The number of hydroxylamine groups is 1. The molecule has 2 rings (SSSR count). The average molecular weight is 238 g/mol. The van der Waals surface area contributed by atoms with Gasteiger partial charge in [0.05, 0.1) is 24.7 Å². The van der Waals surface area contributed by atoms with Crippen LogP contribution in [-0.2, 0) is 4.84 Å². The lowest BCUT2D eigenvalue weighted by molar-refractivity contribution is -0.384. The average Bonchev–Trinajstić information content (AvgIpc) is 2.39. The monoisotopic (exact) mass is 238 g/mol. The Kier molecular flexibility index (Phi) is 3.55. The van der Waals surface area contributed by atoms with Gasteiger partial charge in [0.1, 0.15) is 5.75 Å². The summed E-state index contributed by atoms with van der Waals surface area (Å²) in [5, 5.41) is 10.7. The van der Waals surface area contributed by atoms with Crippen molar-refractivity contribution in [3.8, 4) is 5.75 Å². The number of hydrogen-bond donors (Lipinski definition) is 1. The summed E-state index contributed by atoms with van der Waals surface area (Å²) in [6.45, 7) is 1.32. The molecule has 1 unspecified atom stereocenters. The lowest BCUT2D eigenvalue weighted by Gasteiger charge is -2.24. The fourth-order valence-corrected chi connectivity index (χ4v) is 1.95. The van der Waals surface area contributed by atoms with Gasteiger partial charge in [0.15, 0.2) is 0 Å². The summed E-state index contributed by atoms with van der Waals surface area (Å²) in [6.07, 6.45) is 0.876. The minimum Gasteiger partial charge on any atom is -0.496 e. The number of nitrogens with zero attached hydrogens (tertiary/aromatic N) is 1. The Morgan fingerprint density at radius 1 is 1.59 bits per heavy atom. The molecular formula is C11H14N2O4. The predicted molar refractivity (Wildman–Crippen MR) is 61.0 cm³/mol. The molecule has 1 aliphatic heterocycles. The Labute approximate surface area is 98.6 Å². The highest BCUT2D eigenvalue weighted by Gasteiger charge is 2.21. The number of nitro groups is 1. The molecule has 1 aromatic carbocycles. The zero-order valence-corrected chi connectivity index (χ0v) is 9.51. The Balaban J connectivity index is 2.29. The fourth-order valence-electron chi connectivity index (χ4n) is 1.95. The van der Waals surface area contributed by atoms with E-state index in [1.165, 1.54) is 19.2 Å². The predicted octanol–water partition coefficient (Wildman–Crippen LogP) is 1.61. The fraction of sp³-hybridized carbons (Fsp3) is 0.455. The molecule has 1 N–H and O–H groups in total. The summed E-state index contributed by atoms with van der Waals surface area (Å²) >= 11 is 0. The topological polar surface area (TPSA) is 73.6 Å². The quantitative estimate of drug-likeness (QED) is 0.639. The van der Waals surface area contributed by atoms with E-state index in [4.69, 9.17) is 9.57 Å². The van der Waals surface area contributed by atoms with Gasteiger partial charge in [-0.1, -0.05) is 0 Å². The van der Waals surface area contributed by atoms with Crippen molar-refractivity contribution in [3.63, 3.8) is 0 Å². The standard InChI is InChI=1S/C11H14N2O4/c1-16-11-6-9(13(14)15)2-3-10(11)8-4-5-17-12-7-8/h2-3,6,8,12H,4-5,7H2,1H3. The van der Waals surface area contributed by atoms with Gasteiger partial charge in [-0.25, -0.2) is 5.48 Å². The first-order valence-electron chi connectivity index (χ1n) is 5.39. The highest BCUT2D eigenvalue weighted by Crippen LogP contribution is 2.32. The van der Waals surface area contributed by atoms with Crippen LogP contribution < -0.4 is 10.2 Å². The first-order chi connectivity index (χ1) is 8.22. The maximum absolute atomic E-state index is 10.7. The van der Waals surface area contributed by atoms with Crippen molar-refractivity contribution < 1.29 is 14.5 Å². The van der Waals surface area contributed by atoms with Crippen LogP contribution in [0.4, 0.5) is 5.69 Å². The molecule has 0 aliphatic carbocycles. The number of nitrogens with one attached hydrogen (secondary N) is 1. The molecular weight excluding hydrogens is 224 g/mol. The molecule has 1 atom stereocenters. The number of rotatable bonds is 3. The van der Waals surface area contributed by atoms with Gasteiger partial charge >= 0.3 is 0 Å². The van der Waals surface area contributed by atoms with E-state index in [0.717, 1.165) is 12.0 Å². The second kappa shape index (κ2) is 5.11. The van der Waals surface area contributed by atoms with E-state index in [-0.39, 0.29) is 11.6 Å². The number of non-ortho nitro benzene ring substituents is 1. The molecule has 1 fully saturated rings. The minimum absolute atomic E-state index is 0.0469. The van der Waals surface area contributed by atoms with Crippen LogP contribution in [0.2, 0.25) is 0 Å². The molecule has 0 radical (unpaired) electrons. The van der Waals surface area contributed by atoms with E-state index in [2.05, 4.69) is 5.48 Å². The summed E-state index contributed by atoms with van der Waals surface area (Å²) in [5.41, 5.74) is 3.86. The zero-order valence-electron chi connectivity index (χ0n) is 9.51. The Bertz CT molecular complexity index is 416. The maximum Gasteiger partial charge on any atom is 0.273 e. The summed E-state index contributed by atoms with van der Waals surface area (Å²) in [5.74, 6) is 0.826. The lowest BCUT2D eigenvalue weighted by Crippen LogP contribution is -2.29. The van der Waals surface area contributed by atoms with Crippen molar-refractivity contribution in [1.82, 2.24) is 5.48 Å². The van der Waals surface area contributed by atoms with Crippen molar-refractivity contribution in [2.24, 2.45) is 0 Å². The second-order valence-corrected chi connectivity index (χ2v) is 3.87. The molecule has 0 aromatic heterocycles. The van der Waals surface area contributed by atoms with E-state index < -0.39 is 4.92 Å².